The first kappa shape index (κ1) is 29.7. The molecule has 0 aliphatic carbocycles. The van der Waals surface area contributed by atoms with Gasteiger partial charge in [-0.2, -0.15) is 0 Å². The molecular weight excluding hydrogens is 481 g/mol. The maximum atomic E-state index is 18.3. The molecule has 0 aromatic heterocycles. The van der Waals surface area contributed by atoms with E-state index in [-0.39, 0.29) is 4.18 Å². The molecule has 0 unspecified atom stereocenters. The first-order valence-electron chi connectivity index (χ1n) is 12.8. The first-order chi connectivity index (χ1) is 15.2. The lowest BCUT2D eigenvalue weighted by molar-refractivity contribution is 0.837. The SMILES string of the molecule is Cc1cc(C)c(P(B(F)C([Si](C)(C)C)([Si](C)(C)C)[Si](C)(C)C)c2c(C)cc(C)cc2C)c(C)c1. The van der Waals surface area contributed by atoms with Crippen LogP contribution in [-0.4, -0.2) is 30.9 Å². The van der Waals surface area contributed by atoms with Crippen LogP contribution in [0.5, 0.6) is 0 Å². The lowest BCUT2D eigenvalue weighted by Gasteiger charge is -2.60. The van der Waals surface area contributed by atoms with Crippen LogP contribution >= 0.6 is 7.80 Å². The molecule has 0 saturated carbocycles. The van der Waals surface area contributed by atoms with E-state index in [4.69, 9.17) is 0 Å². The molecule has 0 spiro atoms. The van der Waals surface area contributed by atoms with Gasteiger partial charge in [0.2, 0.25) is 0 Å². The van der Waals surface area contributed by atoms with Crippen LogP contribution in [0.4, 0.5) is 4.32 Å². The van der Waals surface area contributed by atoms with Gasteiger partial charge < -0.3 is 4.32 Å². The molecule has 188 valence electrons. The average Bonchev–Trinajstić information content (AvgIpc) is 2.54. The summed E-state index contributed by atoms with van der Waals surface area (Å²) < 4.78 is 18.1. The van der Waals surface area contributed by atoms with Gasteiger partial charge in [-0.05, 0) is 86.4 Å². The third-order valence-corrected chi connectivity index (χ3v) is 33.2. The fourth-order valence-corrected chi connectivity index (χ4v) is 44.7. The van der Waals surface area contributed by atoms with Gasteiger partial charge in [0.05, 0.1) is 0 Å². The lowest BCUT2D eigenvalue weighted by atomic mass is 10.1. The van der Waals surface area contributed by atoms with Gasteiger partial charge in [-0.3, -0.25) is 0 Å². The summed E-state index contributed by atoms with van der Waals surface area (Å²) in [5.74, 6) is 0. The number of halogens is 1. The zero-order valence-electron chi connectivity index (χ0n) is 24.7. The predicted octanol–water partition coefficient (Wildman–Crippen LogP) is 8.80. The summed E-state index contributed by atoms with van der Waals surface area (Å²) in [5.41, 5.74) is 7.60. The maximum absolute atomic E-state index is 18.3. The van der Waals surface area contributed by atoms with E-state index in [0.29, 0.717) is 0 Å². The van der Waals surface area contributed by atoms with Crippen molar-refractivity contribution in [3.8, 4) is 0 Å². The quantitative estimate of drug-likeness (QED) is 0.248. The number of aryl methyl sites for hydroxylation is 6. The minimum atomic E-state index is -1.93. The summed E-state index contributed by atoms with van der Waals surface area (Å²) in [6.07, 6.45) is 0. The summed E-state index contributed by atoms with van der Waals surface area (Å²) in [6.45, 7) is 34.6. The highest BCUT2D eigenvalue weighted by Gasteiger charge is 2.68. The van der Waals surface area contributed by atoms with E-state index in [2.05, 4.69) is 125 Å². The van der Waals surface area contributed by atoms with Crippen molar-refractivity contribution in [3.05, 3.63) is 57.6 Å². The highest BCUT2D eigenvalue weighted by atomic mass is 31.1. The molecule has 0 amide bonds. The lowest BCUT2D eigenvalue weighted by Crippen LogP contribution is -2.71. The zero-order valence-corrected chi connectivity index (χ0v) is 28.6. The molecule has 2 aromatic rings. The van der Waals surface area contributed by atoms with Crippen molar-refractivity contribution in [3.63, 3.8) is 0 Å². The summed E-state index contributed by atoms with van der Waals surface area (Å²) >= 11 is 0. The van der Waals surface area contributed by atoms with E-state index in [9.17, 15) is 0 Å². The molecule has 0 aliphatic heterocycles. The van der Waals surface area contributed by atoms with Crippen LogP contribution in [0, 0.1) is 41.5 Å². The van der Waals surface area contributed by atoms with E-state index >= 15 is 4.32 Å². The fraction of sp³-hybridized carbons (Fsp3) is 0.571. The summed E-state index contributed by atoms with van der Waals surface area (Å²) in [5, 5.41) is 2.59. The Morgan fingerprint density at radius 2 is 0.794 bits per heavy atom. The molecule has 0 N–H and O–H groups in total. The zero-order chi connectivity index (χ0) is 26.6. The van der Waals surface area contributed by atoms with Crippen molar-refractivity contribution >= 4 is 49.3 Å². The van der Waals surface area contributed by atoms with Gasteiger partial charge in [0, 0.05) is 24.2 Å². The van der Waals surface area contributed by atoms with Crippen LogP contribution in [0.25, 0.3) is 0 Å². The molecule has 34 heavy (non-hydrogen) atoms. The Bertz CT molecular complexity index is 921. The van der Waals surface area contributed by atoms with Gasteiger partial charge in [-0.25, -0.2) is 0 Å². The largest absolute Gasteiger partial charge is 0.382 e. The second-order valence-corrected chi connectivity index (χ2v) is 33.2. The smallest absolute Gasteiger partial charge is 0.329 e. The molecule has 0 fully saturated rings. The molecular formula is C28H49BFPSi3. The van der Waals surface area contributed by atoms with Crippen molar-refractivity contribution in [2.75, 3.05) is 0 Å². The van der Waals surface area contributed by atoms with Crippen LogP contribution in [0.1, 0.15) is 33.4 Å². The van der Waals surface area contributed by atoms with Crippen molar-refractivity contribution in [1.82, 2.24) is 0 Å². The van der Waals surface area contributed by atoms with Crippen molar-refractivity contribution in [2.45, 2.75) is 105 Å². The van der Waals surface area contributed by atoms with Crippen LogP contribution < -0.4 is 10.6 Å². The second-order valence-electron chi connectivity index (χ2n) is 13.8. The van der Waals surface area contributed by atoms with E-state index < -0.39 is 38.7 Å². The Morgan fingerprint density at radius 3 is 1.00 bits per heavy atom. The minimum Gasteiger partial charge on any atom is -0.329 e. The highest BCUT2D eigenvalue weighted by Crippen LogP contribution is 2.63. The molecule has 6 heteroatoms. The molecule has 0 bridgehead atoms. The van der Waals surface area contributed by atoms with Crippen LogP contribution in [0.3, 0.4) is 0 Å². The average molecular weight is 531 g/mol. The van der Waals surface area contributed by atoms with Gasteiger partial charge in [-0.1, -0.05) is 94.3 Å². The normalized spacial score (nSPS) is 13.6. The van der Waals surface area contributed by atoms with Gasteiger partial charge in [0.1, 0.15) is 0 Å². The Hall–Kier alpha value is -0.484. The Balaban J connectivity index is 3.13. The van der Waals surface area contributed by atoms with Crippen LogP contribution in [0.15, 0.2) is 24.3 Å². The van der Waals surface area contributed by atoms with E-state index in [1.54, 1.807) is 0 Å². The molecule has 0 heterocycles. The van der Waals surface area contributed by atoms with Crippen molar-refractivity contribution in [1.29, 1.82) is 0 Å². The third-order valence-electron chi connectivity index (χ3n) is 7.89. The molecule has 0 atom stereocenters. The second kappa shape index (κ2) is 9.76. The highest BCUT2D eigenvalue weighted by molar-refractivity contribution is 8.02. The van der Waals surface area contributed by atoms with Crippen LogP contribution in [-0.2, 0) is 0 Å². The first-order valence-corrected chi connectivity index (χ1v) is 24.7. The summed E-state index contributed by atoms with van der Waals surface area (Å²) in [4.78, 5) is 0. The fourth-order valence-electron chi connectivity index (χ4n) is 8.08. The maximum Gasteiger partial charge on any atom is 0.382 e. The molecule has 2 aromatic carbocycles. The summed E-state index contributed by atoms with van der Waals surface area (Å²) in [7, 11) is -6.94. The topological polar surface area (TPSA) is 0 Å². The van der Waals surface area contributed by atoms with E-state index in [0.717, 1.165) is 0 Å². The van der Waals surface area contributed by atoms with Crippen molar-refractivity contribution < 1.29 is 4.32 Å². The number of hydrogen-bond acceptors (Lipinski definition) is 0. The van der Waals surface area contributed by atoms with Gasteiger partial charge in [0.25, 0.3) is 0 Å². The van der Waals surface area contributed by atoms with Crippen LogP contribution in [0.2, 0.25) is 63.1 Å². The standard InChI is InChI=1S/C28H49BFPSi3/c1-20-16-22(3)26(23(4)17-20)31(27-24(5)18-21(2)19-25(27)6)29(30)28(32(7,8)9,33(10,11)12)34(13,14)15/h16-19H,1-15H3. The Morgan fingerprint density at radius 1 is 0.559 bits per heavy atom. The predicted molar refractivity (Wildman–Crippen MR) is 167 cm³/mol. The van der Waals surface area contributed by atoms with Gasteiger partial charge >= 0.3 is 6.71 Å². The molecule has 0 nitrogen and oxygen atoms in total. The van der Waals surface area contributed by atoms with Crippen molar-refractivity contribution in [2.24, 2.45) is 0 Å². The Labute approximate surface area is 215 Å². The number of hydrogen-bond donors (Lipinski definition) is 0. The molecule has 0 radical (unpaired) electrons. The van der Waals surface area contributed by atoms with Gasteiger partial charge in [0.15, 0.2) is 0 Å². The third kappa shape index (κ3) is 5.01. The minimum absolute atomic E-state index is 0.160. The molecule has 0 saturated heterocycles. The number of benzene rings is 2. The van der Waals surface area contributed by atoms with E-state index in [1.165, 1.54) is 44.0 Å². The molecule has 0 aliphatic rings. The Kier molecular flexibility index (Phi) is 8.54. The summed E-state index contributed by atoms with van der Waals surface area (Å²) in [6, 6.07) is 9.12. The van der Waals surface area contributed by atoms with Gasteiger partial charge in [-0.15, -0.1) is 0 Å². The number of rotatable bonds is 7. The monoisotopic (exact) mass is 530 g/mol. The van der Waals surface area contributed by atoms with E-state index in [1.807, 2.05) is 0 Å². The molecule has 2 rings (SSSR count).